The average molecular weight is 306 g/mol. The zero-order chi connectivity index (χ0) is 16.2. The number of nitrogens with zero attached hydrogens (tertiary/aromatic N) is 2. The van der Waals surface area contributed by atoms with Crippen molar-refractivity contribution >= 4 is 5.97 Å². The molecule has 4 heteroatoms. The van der Waals surface area contributed by atoms with Crippen LogP contribution >= 0.6 is 0 Å². The van der Waals surface area contributed by atoms with Crippen LogP contribution in [0.5, 0.6) is 0 Å². The maximum absolute atomic E-state index is 11.4. The number of rotatable bonds is 4. The van der Waals surface area contributed by atoms with E-state index in [2.05, 4.69) is 23.1 Å². The van der Waals surface area contributed by atoms with Gasteiger partial charge in [-0.3, -0.25) is 4.90 Å². The van der Waals surface area contributed by atoms with Crippen LogP contribution in [0.25, 0.3) is 0 Å². The number of hydrogen-bond donors (Lipinski definition) is 1. The van der Waals surface area contributed by atoms with Crippen LogP contribution in [0.3, 0.4) is 0 Å². The number of benzene rings is 2. The molecule has 0 radical (unpaired) electrons. The highest BCUT2D eigenvalue weighted by Crippen LogP contribution is 2.34. The van der Waals surface area contributed by atoms with E-state index in [0.29, 0.717) is 18.7 Å². The summed E-state index contributed by atoms with van der Waals surface area (Å²) in [7, 11) is 0. The van der Waals surface area contributed by atoms with Crippen LogP contribution in [0.2, 0.25) is 0 Å². The maximum atomic E-state index is 11.4. The van der Waals surface area contributed by atoms with Gasteiger partial charge in [0.25, 0.3) is 0 Å². The first kappa shape index (κ1) is 15.3. The van der Waals surface area contributed by atoms with Gasteiger partial charge in [0.15, 0.2) is 0 Å². The summed E-state index contributed by atoms with van der Waals surface area (Å²) < 4.78 is 0. The van der Waals surface area contributed by atoms with Crippen molar-refractivity contribution < 1.29 is 9.90 Å². The Morgan fingerprint density at radius 1 is 1.13 bits per heavy atom. The third-order valence-corrected chi connectivity index (χ3v) is 4.40. The highest BCUT2D eigenvalue weighted by molar-refractivity contribution is 5.89. The van der Waals surface area contributed by atoms with Gasteiger partial charge >= 0.3 is 5.97 Å². The topological polar surface area (TPSA) is 64.3 Å². The van der Waals surface area contributed by atoms with Crippen LogP contribution in [0.4, 0.5) is 0 Å². The second kappa shape index (κ2) is 6.64. The van der Waals surface area contributed by atoms with Crippen molar-refractivity contribution in [1.82, 2.24) is 4.90 Å². The zero-order valence-electron chi connectivity index (χ0n) is 12.7. The van der Waals surface area contributed by atoms with E-state index >= 15 is 0 Å². The van der Waals surface area contributed by atoms with Crippen LogP contribution in [-0.4, -0.2) is 29.1 Å². The molecule has 4 nitrogen and oxygen atoms in total. The summed E-state index contributed by atoms with van der Waals surface area (Å²) in [5.41, 5.74) is 2.28. The molecule has 3 rings (SSSR count). The Balaban J connectivity index is 1.83. The first-order valence-corrected chi connectivity index (χ1v) is 7.67. The Morgan fingerprint density at radius 2 is 1.83 bits per heavy atom. The molecule has 2 aromatic rings. The molecule has 1 aliphatic rings. The summed E-state index contributed by atoms with van der Waals surface area (Å²) >= 11 is 0. The molecule has 2 atom stereocenters. The summed E-state index contributed by atoms with van der Waals surface area (Å²) in [5.74, 6) is -1.17. The summed E-state index contributed by atoms with van der Waals surface area (Å²) in [6.45, 7) is 2.16. The second-order valence-corrected chi connectivity index (χ2v) is 5.91. The molecule has 0 spiro atoms. The second-order valence-electron chi connectivity index (χ2n) is 5.91. The summed E-state index contributed by atoms with van der Waals surface area (Å²) in [6, 6.07) is 19.5. The van der Waals surface area contributed by atoms with Crippen molar-refractivity contribution in [1.29, 1.82) is 5.26 Å². The monoisotopic (exact) mass is 306 g/mol. The molecule has 1 aliphatic heterocycles. The molecule has 116 valence electrons. The van der Waals surface area contributed by atoms with Crippen molar-refractivity contribution in [2.45, 2.75) is 12.5 Å². The molecule has 1 saturated heterocycles. The lowest BCUT2D eigenvalue weighted by atomic mass is 9.87. The first-order chi connectivity index (χ1) is 11.2. The number of likely N-dealkylation sites (tertiary alicyclic amines) is 1. The van der Waals surface area contributed by atoms with Crippen LogP contribution < -0.4 is 0 Å². The van der Waals surface area contributed by atoms with E-state index in [1.54, 1.807) is 12.1 Å². The van der Waals surface area contributed by atoms with Gasteiger partial charge in [-0.15, -0.1) is 0 Å². The van der Waals surface area contributed by atoms with Gasteiger partial charge in [-0.2, -0.15) is 5.26 Å². The SMILES string of the molecule is N#C[C@@H]1CN(Cc2ccccc2)CC1c1ccccc1C(=O)O. The number of aromatic carboxylic acids is 1. The standard InChI is InChI=1S/C19H18N2O2/c20-10-15-12-21(11-14-6-2-1-3-7-14)13-18(15)16-8-4-5-9-17(16)19(22)23/h1-9,15,18H,11-13H2,(H,22,23)/t15-,18?/m1/s1. The Bertz CT molecular complexity index is 737. The molecular formula is C19H18N2O2. The lowest BCUT2D eigenvalue weighted by Crippen LogP contribution is -2.20. The van der Waals surface area contributed by atoms with Crippen LogP contribution in [0.1, 0.15) is 27.4 Å². The molecule has 0 aliphatic carbocycles. The number of carboxylic acid groups (broad SMARTS) is 1. The molecule has 0 saturated carbocycles. The van der Waals surface area contributed by atoms with E-state index in [9.17, 15) is 15.2 Å². The third kappa shape index (κ3) is 3.25. The molecular weight excluding hydrogens is 288 g/mol. The predicted molar refractivity (Wildman–Crippen MR) is 87.0 cm³/mol. The highest BCUT2D eigenvalue weighted by atomic mass is 16.4. The van der Waals surface area contributed by atoms with Crippen LogP contribution in [-0.2, 0) is 6.54 Å². The molecule has 0 amide bonds. The van der Waals surface area contributed by atoms with E-state index in [4.69, 9.17) is 0 Å². The van der Waals surface area contributed by atoms with Gasteiger partial charge in [0.2, 0.25) is 0 Å². The van der Waals surface area contributed by atoms with Crippen molar-refractivity contribution in [2.24, 2.45) is 5.92 Å². The van der Waals surface area contributed by atoms with E-state index in [1.165, 1.54) is 5.56 Å². The molecule has 1 N–H and O–H groups in total. The van der Waals surface area contributed by atoms with Gasteiger partial charge in [0, 0.05) is 25.6 Å². The Labute approximate surface area is 135 Å². The highest BCUT2D eigenvalue weighted by Gasteiger charge is 2.35. The minimum absolute atomic E-state index is 0.0592. The minimum atomic E-state index is -0.932. The van der Waals surface area contributed by atoms with E-state index in [0.717, 1.165) is 12.1 Å². The maximum Gasteiger partial charge on any atom is 0.335 e. The van der Waals surface area contributed by atoms with Crippen LogP contribution in [0.15, 0.2) is 54.6 Å². The fourth-order valence-electron chi connectivity index (χ4n) is 3.32. The number of hydrogen-bond acceptors (Lipinski definition) is 3. The smallest absolute Gasteiger partial charge is 0.335 e. The molecule has 1 heterocycles. The van der Waals surface area contributed by atoms with Gasteiger partial charge < -0.3 is 5.11 Å². The number of nitriles is 1. The lowest BCUT2D eigenvalue weighted by molar-refractivity contribution is 0.0695. The first-order valence-electron chi connectivity index (χ1n) is 7.67. The Kier molecular flexibility index (Phi) is 4.40. The van der Waals surface area contributed by atoms with Gasteiger partial charge in [0.1, 0.15) is 0 Å². The van der Waals surface area contributed by atoms with E-state index in [-0.39, 0.29) is 11.8 Å². The summed E-state index contributed by atoms with van der Waals surface area (Å²) in [4.78, 5) is 13.7. The molecule has 2 aromatic carbocycles. The van der Waals surface area contributed by atoms with Crippen molar-refractivity contribution in [3.8, 4) is 6.07 Å². The van der Waals surface area contributed by atoms with Gasteiger partial charge in [-0.05, 0) is 17.2 Å². The van der Waals surface area contributed by atoms with E-state index < -0.39 is 5.97 Å². The van der Waals surface area contributed by atoms with Gasteiger partial charge in [-0.25, -0.2) is 4.79 Å². The largest absolute Gasteiger partial charge is 0.478 e. The van der Waals surface area contributed by atoms with Crippen molar-refractivity contribution in [2.75, 3.05) is 13.1 Å². The number of carboxylic acids is 1. The van der Waals surface area contributed by atoms with Gasteiger partial charge in [0.05, 0.1) is 17.6 Å². The zero-order valence-corrected chi connectivity index (χ0v) is 12.7. The quantitative estimate of drug-likeness (QED) is 0.942. The molecule has 0 aromatic heterocycles. The molecule has 1 unspecified atom stereocenters. The fraction of sp³-hybridized carbons (Fsp3) is 0.263. The minimum Gasteiger partial charge on any atom is -0.478 e. The average Bonchev–Trinajstić information content (AvgIpc) is 2.98. The number of carbonyl (C=O) groups is 1. The molecule has 1 fully saturated rings. The predicted octanol–water partition coefficient (Wildman–Crippen LogP) is 3.12. The summed E-state index contributed by atoms with van der Waals surface area (Å²) in [5, 5.41) is 18.9. The Hall–Kier alpha value is -2.64. The molecule has 0 bridgehead atoms. The lowest BCUT2D eigenvalue weighted by Gasteiger charge is -2.17. The van der Waals surface area contributed by atoms with E-state index in [1.807, 2.05) is 30.3 Å². The molecule has 23 heavy (non-hydrogen) atoms. The third-order valence-electron chi connectivity index (χ3n) is 4.40. The van der Waals surface area contributed by atoms with Crippen molar-refractivity contribution in [3.05, 3.63) is 71.3 Å². The fourth-order valence-corrected chi connectivity index (χ4v) is 3.32. The Morgan fingerprint density at radius 3 is 2.52 bits per heavy atom. The normalized spacial score (nSPS) is 21.0. The summed E-state index contributed by atoms with van der Waals surface area (Å²) in [6.07, 6.45) is 0. The van der Waals surface area contributed by atoms with Crippen LogP contribution in [0, 0.1) is 17.2 Å². The van der Waals surface area contributed by atoms with Gasteiger partial charge in [-0.1, -0.05) is 48.5 Å². The van der Waals surface area contributed by atoms with Crippen molar-refractivity contribution in [3.63, 3.8) is 0 Å².